The molecular weight excluding hydrogens is 242 g/mol. The third kappa shape index (κ3) is 3.20. The molecule has 1 unspecified atom stereocenters. The fourth-order valence-corrected chi connectivity index (χ4v) is 1.73. The number of carbonyl (C=O) groups is 1. The van der Waals surface area contributed by atoms with Crippen molar-refractivity contribution >= 4 is 23.5 Å². The van der Waals surface area contributed by atoms with Crippen LogP contribution in [-0.4, -0.2) is 29.6 Å². The highest BCUT2D eigenvalue weighted by Gasteiger charge is 2.20. The van der Waals surface area contributed by atoms with Crippen LogP contribution in [0.1, 0.15) is 18.4 Å². The maximum Gasteiger partial charge on any atom is 0.303 e. The van der Waals surface area contributed by atoms with E-state index in [9.17, 15) is 4.79 Å². The van der Waals surface area contributed by atoms with Crippen molar-refractivity contribution in [3.05, 3.63) is 34.9 Å². The summed E-state index contributed by atoms with van der Waals surface area (Å²) < 4.78 is 5.44. The molecule has 1 aliphatic heterocycles. The van der Waals surface area contributed by atoms with Gasteiger partial charge in [-0.3, -0.25) is 4.79 Å². The van der Waals surface area contributed by atoms with E-state index in [0.29, 0.717) is 23.9 Å². The van der Waals surface area contributed by atoms with Gasteiger partial charge in [-0.05, 0) is 30.7 Å². The van der Waals surface area contributed by atoms with Crippen molar-refractivity contribution in [2.75, 3.05) is 6.61 Å². The van der Waals surface area contributed by atoms with Crippen molar-refractivity contribution in [3.8, 4) is 0 Å². The highest BCUT2D eigenvalue weighted by molar-refractivity contribution is 6.30. The predicted octanol–water partition coefficient (Wildman–Crippen LogP) is 2.35. The monoisotopic (exact) mass is 253 g/mol. The molecule has 0 spiro atoms. The van der Waals surface area contributed by atoms with E-state index in [-0.39, 0.29) is 12.5 Å². The molecule has 0 bridgehead atoms. The lowest BCUT2D eigenvalue weighted by Gasteiger charge is -2.01. The summed E-state index contributed by atoms with van der Waals surface area (Å²) in [4.78, 5) is 14.8. The number of aliphatic carboxylic acids is 1. The summed E-state index contributed by atoms with van der Waals surface area (Å²) in [6, 6.07) is 7.15. The molecule has 0 radical (unpaired) electrons. The van der Waals surface area contributed by atoms with Gasteiger partial charge >= 0.3 is 5.97 Å². The van der Waals surface area contributed by atoms with Crippen LogP contribution in [0.5, 0.6) is 0 Å². The zero-order chi connectivity index (χ0) is 12.3. The summed E-state index contributed by atoms with van der Waals surface area (Å²) in [5.74, 6) is -0.239. The quantitative estimate of drug-likeness (QED) is 0.896. The lowest BCUT2D eigenvalue weighted by atomic mass is 10.2. The molecule has 17 heavy (non-hydrogen) atoms. The Morgan fingerprint density at radius 2 is 2.18 bits per heavy atom. The van der Waals surface area contributed by atoms with Crippen molar-refractivity contribution in [2.24, 2.45) is 4.99 Å². The molecule has 5 heteroatoms. The molecule has 0 aromatic heterocycles. The molecule has 90 valence electrons. The number of aliphatic imine (C=N–C) groups is 1. The van der Waals surface area contributed by atoms with Gasteiger partial charge in [-0.2, -0.15) is 0 Å². The molecule has 1 atom stereocenters. The van der Waals surface area contributed by atoms with Crippen LogP contribution in [0, 0.1) is 0 Å². The smallest absolute Gasteiger partial charge is 0.303 e. The molecular formula is C12H12ClNO3. The summed E-state index contributed by atoms with van der Waals surface area (Å²) in [7, 11) is 0. The SMILES string of the molecule is O=C(O)CCC1COC(c2ccc(Cl)cc2)=N1. The number of nitrogens with zero attached hydrogens (tertiary/aromatic N) is 1. The number of hydrogen-bond donors (Lipinski definition) is 1. The fourth-order valence-electron chi connectivity index (χ4n) is 1.60. The molecule has 1 aromatic rings. The zero-order valence-corrected chi connectivity index (χ0v) is 9.85. The highest BCUT2D eigenvalue weighted by Crippen LogP contribution is 2.17. The van der Waals surface area contributed by atoms with Crippen molar-refractivity contribution in [1.82, 2.24) is 0 Å². The van der Waals surface area contributed by atoms with E-state index >= 15 is 0 Å². The van der Waals surface area contributed by atoms with E-state index in [4.69, 9.17) is 21.4 Å². The lowest BCUT2D eigenvalue weighted by Crippen LogP contribution is -2.08. The Morgan fingerprint density at radius 1 is 1.47 bits per heavy atom. The van der Waals surface area contributed by atoms with E-state index in [0.717, 1.165) is 5.56 Å². The second-order valence-electron chi connectivity index (χ2n) is 3.84. The van der Waals surface area contributed by atoms with Gasteiger partial charge in [0, 0.05) is 17.0 Å². The van der Waals surface area contributed by atoms with Crippen LogP contribution in [0.3, 0.4) is 0 Å². The number of carboxylic acid groups (broad SMARTS) is 1. The molecule has 1 N–H and O–H groups in total. The first-order chi connectivity index (χ1) is 8.15. The molecule has 0 saturated heterocycles. The molecule has 1 aromatic carbocycles. The Balaban J connectivity index is 2.01. The summed E-state index contributed by atoms with van der Waals surface area (Å²) in [6.07, 6.45) is 0.623. The molecule has 2 rings (SSSR count). The van der Waals surface area contributed by atoms with Gasteiger partial charge < -0.3 is 9.84 Å². The average molecular weight is 254 g/mol. The van der Waals surface area contributed by atoms with E-state index in [1.165, 1.54) is 0 Å². The Morgan fingerprint density at radius 3 is 2.82 bits per heavy atom. The minimum atomic E-state index is -0.805. The third-order valence-electron chi connectivity index (χ3n) is 2.49. The van der Waals surface area contributed by atoms with E-state index in [2.05, 4.69) is 4.99 Å². The molecule has 0 fully saturated rings. The first-order valence-corrected chi connectivity index (χ1v) is 5.71. The maximum atomic E-state index is 10.4. The van der Waals surface area contributed by atoms with Gasteiger partial charge in [-0.1, -0.05) is 11.6 Å². The highest BCUT2D eigenvalue weighted by atomic mass is 35.5. The minimum Gasteiger partial charge on any atom is -0.481 e. The summed E-state index contributed by atoms with van der Waals surface area (Å²) >= 11 is 5.79. The minimum absolute atomic E-state index is 0.0585. The normalized spacial score (nSPS) is 18.6. The van der Waals surface area contributed by atoms with Crippen LogP contribution in [0.25, 0.3) is 0 Å². The Bertz CT molecular complexity index is 442. The topological polar surface area (TPSA) is 58.9 Å². The number of hydrogen-bond acceptors (Lipinski definition) is 3. The van der Waals surface area contributed by atoms with Crippen molar-refractivity contribution in [3.63, 3.8) is 0 Å². The van der Waals surface area contributed by atoms with E-state index < -0.39 is 5.97 Å². The zero-order valence-electron chi connectivity index (χ0n) is 9.10. The van der Waals surface area contributed by atoms with E-state index in [1.54, 1.807) is 12.1 Å². The van der Waals surface area contributed by atoms with Crippen LogP contribution in [0.4, 0.5) is 0 Å². The number of carboxylic acids is 1. The van der Waals surface area contributed by atoms with Gasteiger partial charge in [0.15, 0.2) is 0 Å². The molecule has 1 heterocycles. The van der Waals surface area contributed by atoms with Crippen molar-refractivity contribution in [1.29, 1.82) is 0 Å². The van der Waals surface area contributed by atoms with Crippen LogP contribution >= 0.6 is 11.6 Å². The summed E-state index contributed by atoms with van der Waals surface area (Å²) in [5, 5.41) is 9.25. The van der Waals surface area contributed by atoms with Gasteiger partial charge in [0.05, 0.1) is 6.04 Å². The summed E-state index contributed by atoms with van der Waals surface area (Å²) in [6.45, 7) is 0.450. The average Bonchev–Trinajstić information content (AvgIpc) is 2.76. The van der Waals surface area contributed by atoms with Gasteiger partial charge in [0.2, 0.25) is 5.90 Å². The maximum absolute atomic E-state index is 10.4. The van der Waals surface area contributed by atoms with Crippen LogP contribution < -0.4 is 0 Å². The number of ether oxygens (including phenoxy) is 1. The first kappa shape index (κ1) is 11.9. The third-order valence-corrected chi connectivity index (χ3v) is 2.75. The number of halogens is 1. The van der Waals surface area contributed by atoms with Crippen molar-refractivity contribution in [2.45, 2.75) is 18.9 Å². The van der Waals surface area contributed by atoms with Crippen LogP contribution in [0.2, 0.25) is 5.02 Å². The lowest BCUT2D eigenvalue weighted by molar-refractivity contribution is -0.137. The Kier molecular flexibility index (Phi) is 3.64. The standard InChI is InChI=1S/C12H12ClNO3/c13-9-3-1-8(2-4-9)12-14-10(7-17-12)5-6-11(15)16/h1-4,10H,5-7H2,(H,15,16). The van der Waals surface area contributed by atoms with Gasteiger partial charge in [0.25, 0.3) is 0 Å². The Hall–Kier alpha value is -1.55. The molecule has 0 saturated carbocycles. The first-order valence-electron chi connectivity index (χ1n) is 5.33. The largest absolute Gasteiger partial charge is 0.481 e. The van der Waals surface area contributed by atoms with Gasteiger partial charge in [-0.25, -0.2) is 4.99 Å². The molecule has 0 aliphatic carbocycles. The van der Waals surface area contributed by atoms with Crippen LogP contribution in [0.15, 0.2) is 29.3 Å². The molecule has 0 amide bonds. The van der Waals surface area contributed by atoms with Gasteiger partial charge in [0.1, 0.15) is 6.61 Å². The number of rotatable bonds is 4. The predicted molar refractivity (Wildman–Crippen MR) is 64.6 cm³/mol. The molecule has 4 nitrogen and oxygen atoms in total. The van der Waals surface area contributed by atoms with Gasteiger partial charge in [-0.15, -0.1) is 0 Å². The number of benzene rings is 1. The van der Waals surface area contributed by atoms with Crippen LogP contribution in [-0.2, 0) is 9.53 Å². The summed E-state index contributed by atoms with van der Waals surface area (Å²) in [5.41, 5.74) is 0.868. The second-order valence-corrected chi connectivity index (χ2v) is 4.27. The molecule has 1 aliphatic rings. The Labute approximate surface area is 104 Å². The van der Waals surface area contributed by atoms with Crippen molar-refractivity contribution < 1.29 is 14.6 Å². The fraction of sp³-hybridized carbons (Fsp3) is 0.333. The van der Waals surface area contributed by atoms with E-state index in [1.807, 2.05) is 12.1 Å². The second kappa shape index (κ2) is 5.19.